The number of hydrogen-bond acceptors (Lipinski definition) is 6. The Morgan fingerprint density at radius 3 is 2.96 bits per heavy atom. The van der Waals surface area contributed by atoms with Gasteiger partial charge in [0, 0.05) is 31.4 Å². The number of hydrogen-bond donors (Lipinski definition) is 0. The van der Waals surface area contributed by atoms with Crippen LogP contribution >= 0.6 is 11.3 Å². The smallest absolute Gasteiger partial charge is 0.191 e. The fourth-order valence-electron chi connectivity index (χ4n) is 3.38. The van der Waals surface area contributed by atoms with Crippen LogP contribution in [0.3, 0.4) is 0 Å². The monoisotopic (exact) mass is 370 g/mol. The Kier molecular flexibility index (Phi) is 5.04. The minimum absolute atomic E-state index is 0.00759. The number of furan rings is 1. The van der Waals surface area contributed by atoms with Gasteiger partial charge in [0.25, 0.3) is 0 Å². The number of aromatic nitrogens is 1. The number of ketones is 1. The van der Waals surface area contributed by atoms with E-state index in [2.05, 4.69) is 30.1 Å². The number of nitrogens with zero attached hydrogens (tertiary/aromatic N) is 2. The first-order chi connectivity index (χ1) is 12.8. The summed E-state index contributed by atoms with van der Waals surface area (Å²) in [4.78, 5) is 20.9. The van der Waals surface area contributed by atoms with Gasteiger partial charge < -0.3 is 14.1 Å². The molecule has 6 heteroatoms. The second-order valence-electron chi connectivity index (χ2n) is 6.45. The molecule has 0 aromatic carbocycles. The van der Waals surface area contributed by atoms with Crippen LogP contribution in [0.4, 0.5) is 5.13 Å². The predicted octanol–water partition coefficient (Wildman–Crippen LogP) is 4.68. The van der Waals surface area contributed by atoms with Crippen LogP contribution in [0.5, 0.6) is 0 Å². The van der Waals surface area contributed by atoms with Gasteiger partial charge >= 0.3 is 0 Å². The van der Waals surface area contributed by atoms with Gasteiger partial charge in [0.1, 0.15) is 10.6 Å². The summed E-state index contributed by atoms with van der Waals surface area (Å²) in [6.07, 6.45) is 10.4. The highest BCUT2D eigenvalue weighted by atomic mass is 32.1. The van der Waals surface area contributed by atoms with Crippen molar-refractivity contribution in [1.82, 2.24) is 4.98 Å². The second kappa shape index (κ2) is 7.60. The molecule has 5 nitrogen and oxygen atoms in total. The molecule has 0 spiro atoms. The number of carbonyl (C=O) groups excluding carboxylic acids is 1. The summed E-state index contributed by atoms with van der Waals surface area (Å²) in [5, 5.41) is 0.851. The maximum absolute atomic E-state index is 13.2. The van der Waals surface area contributed by atoms with Crippen LogP contribution in [0.15, 0.2) is 46.7 Å². The average Bonchev–Trinajstić information content (AvgIpc) is 3.37. The minimum atomic E-state index is 0.00759. The SMILES string of the molecule is CCC1=CC=CCN1c1nc(-c2ccco2)c(C(=O)C2CCOCC2)s1. The van der Waals surface area contributed by atoms with Crippen LogP contribution in [-0.4, -0.2) is 30.5 Å². The zero-order valence-corrected chi connectivity index (χ0v) is 15.6. The molecule has 0 bridgehead atoms. The normalized spacial score (nSPS) is 18.2. The molecule has 0 radical (unpaired) electrons. The number of Topliss-reactive ketones (excluding diaryl/α,β-unsaturated/α-hetero) is 1. The molecule has 0 saturated carbocycles. The lowest BCUT2D eigenvalue weighted by atomic mass is 9.94. The Morgan fingerprint density at radius 2 is 2.23 bits per heavy atom. The van der Waals surface area contributed by atoms with Gasteiger partial charge in [-0.05, 0) is 37.5 Å². The fourth-order valence-corrected chi connectivity index (χ4v) is 4.51. The Bertz CT molecular complexity index is 829. The van der Waals surface area contributed by atoms with Gasteiger partial charge in [-0.3, -0.25) is 4.79 Å². The third-order valence-electron chi connectivity index (χ3n) is 4.84. The van der Waals surface area contributed by atoms with Crippen LogP contribution in [0.2, 0.25) is 0 Å². The predicted molar refractivity (Wildman–Crippen MR) is 103 cm³/mol. The van der Waals surface area contributed by atoms with E-state index in [-0.39, 0.29) is 11.7 Å². The summed E-state index contributed by atoms with van der Waals surface area (Å²) in [5.41, 5.74) is 1.87. The topological polar surface area (TPSA) is 55.6 Å². The van der Waals surface area contributed by atoms with E-state index in [1.165, 1.54) is 17.0 Å². The standard InChI is InChI=1S/C20H22N2O3S/c1-2-15-6-3-4-10-22(15)20-21-17(16-7-5-11-25-16)19(26-20)18(23)14-8-12-24-13-9-14/h3-7,11,14H,2,8-10,12-13H2,1H3. The van der Waals surface area contributed by atoms with E-state index >= 15 is 0 Å². The summed E-state index contributed by atoms with van der Waals surface area (Å²) in [7, 11) is 0. The molecule has 2 aromatic rings. The van der Waals surface area contributed by atoms with E-state index in [1.807, 2.05) is 12.1 Å². The number of carbonyl (C=O) groups is 1. The van der Waals surface area contributed by atoms with E-state index in [4.69, 9.17) is 14.1 Å². The molecule has 0 atom stereocenters. The van der Waals surface area contributed by atoms with Crippen molar-refractivity contribution in [2.45, 2.75) is 26.2 Å². The van der Waals surface area contributed by atoms with Crippen LogP contribution in [-0.2, 0) is 4.74 Å². The van der Waals surface area contributed by atoms with Gasteiger partial charge in [0.05, 0.1) is 6.26 Å². The summed E-state index contributed by atoms with van der Waals surface area (Å²) in [5.74, 6) is 0.823. The van der Waals surface area contributed by atoms with Crippen molar-refractivity contribution in [3.8, 4) is 11.5 Å². The Morgan fingerprint density at radius 1 is 1.38 bits per heavy atom. The summed E-state index contributed by atoms with van der Waals surface area (Å²) in [6, 6.07) is 3.70. The average molecular weight is 370 g/mol. The van der Waals surface area contributed by atoms with Crippen LogP contribution < -0.4 is 4.90 Å². The largest absolute Gasteiger partial charge is 0.463 e. The van der Waals surface area contributed by atoms with Crippen molar-refractivity contribution >= 4 is 22.3 Å². The number of allylic oxidation sites excluding steroid dienone is 3. The molecule has 4 heterocycles. The Balaban J connectivity index is 1.72. The molecule has 136 valence electrons. The van der Waals surface area contributed by atoms with E-state index < -0.39 is 0 Å². The van der Waals surface area contributed by atoms with Gasteiger partial charge in [-0.2, -0.15) is 0 Å². The van der Waals surface area contributed by atoms with E-state index in [1.54, 1.807) is 6.26 Å². The molecule has 0 aliphatic carbocycles. The van der Waals surface area contributed by atoms with Gasteiger partial charge in [-0.1, -0.05) is 30.4 Å². The quantitative estimate of drug-likeness (QED) is 0.715. The highest BCUT2D eigenvalue weighted by molar-refractivity contribution is 7.18. The zero-order valence-electron chi connectivity index (χ0n) is 14.8. The third kappa shape index (κ3) is 3.27. The first-order valence-electron chi connectivity index (χ1n) is 9.07. The zero-order chi connectivity index (χ0) is 17.9. The molecule has 2 aliphatic heterocycles. The highest BCUT2D eigenvalue weighted by Gasteiger charge is 2.30. The molecule has 0 N–H and O–H groups in total. The fraction of sp³-hybridized carbons (Fsp3) is 0.400. The van der Waals surface area contributed by atoms with Crippen molar-refractivity contribution in [3.63, 3.8) is 0 Å². The molecular weight excluding hydrogens is 348 g/mol. The third-order valence-corrected chi connectivity index (χ3v) is 5.93. The van der Waals surface area contributed by atoms with Gasteiger partial charge in [0.15, 0.2) is 16.7 Å². The Labute approximate surface area is 157 Å². The van der Waals surface area contributed by atoms with Crippen molar-refractivity contribution < 1.29 is 13.9 Å². The highest BCUT2D eigenvalue weighted by Crippen LogP contribution is 2.38. The number of rotatable bonds is 5. The lowest BCUT2D eigenvalue weighted by molar-refractivity contribution is 0.0547. The van der Waals surface area contributed by atoms with E-state index in [9.17, 15) is 4.79 Å². The molecular formula is C20H22N2O3S. The van der Waals surface area contributed by atoms with E-state index in [0.29, 0.717) is 29.5 Å². The second-order valence-corrected chi connectivity index (χ2v) is 7.43. The first-order valence-corrected chi connectivity index (χ1v) is 9.89. The van der Waals surface area contributed by atoms with Crippen molar-refractivity contribution in [1.29, 1.82) is 0 Å². The van der Waals surface area contributed by atoms with Crippen LogP contribution in [0.1, 0.15) is 35.9 Å². The molecule has 1 fully saturated rings. The lowest BCUT2D eigenvalue weighted by Crippen LogP contribution is -2.24. The molecule has 0 unspecified atom stereocenters. The molecule has 1 saturated heterocycles. The summed E-state index contributed by atoms with van der Waals surface area (Å²) < 4.78 is 11.0. The van der Waals surface area contributed by atoms with Gasteiger partial charge in [-0.15, -0.1) is 0 Å². The number of thiazole rings is 1. The van der Waals surface area contributed by atoms with Crippen molar-refractivity contribution in [3.05, 3.63) is 47.2 Å². The molecule has 26 heavy (non-hydrogen) atoms. The van der Waals surface area contributed by atoms with Crippen LogP contribution in [0.25, 0.3) is 11.5 Å². The van der Waals surface area contributed by atoms with Crippen molar-refractivity contribution in [2.24, 2.45) is 5.92 Å². The number of ether oxygens (including phenoxy) is 1. The minimum Gasteiger partial charge on any atom is -0.463 e. The molecule has 2 aromatic heterocycles. The first kappa shape index (κ1) is 17.2. The molecule has 0 amide bonds. The van der Waals surface area contributed by atoms with Crippen molar-refractivity contribution in [2.75, 3.05) is 24.7 Å². The summed E-state index contributed by atoms with van der Waals surface area (Å²) >= 11 is 1.47. The lowest BCUT2D eigenvalue weighted by Gasteiger charge is -2.24. The molecule has 2 aliphatic rings. The Hall–Kier alpha value is -2.18. The number of anilines is 1. The maximum Gasteiger partial charge on any atom is 0.191 e. The van der Waals surface area contributed by atoms with Gasteiger partial charge in [-0.25, -0.2) is 4.98 Å². The van der Waals surface area contributed by atoms with Crippen LogP contribution in [0, 0.1) is 5.92 Å². The van der Waals surface area contributed by atoms with Gasteiger partial charge in [0.2, 0.25) is 0 Å². The van der Waals surface area contributed by atoms with E-state index in [0.717, 1.165) is 30.9 Å². The maximum atomic E-state index is 13.2. The molecule has 4 rings (SSSR count). The summed E-state index contributed by atoms with van der Waals surface area (Å²) in [6.45, 7) is 4.21.